The van der Waals surface area contributed by atoms with E-state index in [1.54, 1.807) is 24.3 Å². The van der Waals surface area contributed by atoms with Crippen molar-refractivity contribution in [2.45, 2.75) is 13.0 Å². The van der Waals surface area contributed by atoms with Gasteiger partial charge < -0.3 is 15.4 Å². The highest BCUT2D eigenvalue weighted by Crippen LogP contribution is 2.25. The van der Waals surface area contributed by atoms with Crippen LogP contribution in [0.3, 0.4) is 0 Å². The fourth-order valence-electron chi connectivity index (χ4n) is 3.40. The molecular weight excluding hydrogens is 430 g/mol. The second kappa shape index (κ2) is 10.4. The molecule has 1 aromatic heterocycles. The van der Waals surface area contributed by atoms with Crippen molar-refractivity contribution in [2.24, 2.45) is 0 Å². The second-order valence-corrected chi connectivity index (χ2v) is 7.14. The zero-order chi connectivity index (χ0) is 24.0. The lowest BCUT2D eigenvalue weighted by molar-refractivity contribution is -0.385. The number of nitrogens with two attached hydrogens (primary N) is 1. The number of nitro groups is 1. The summed E-state index contributed by atoms with van der Waals surface area (Å²) in [5.41, 5.74) is 4.50. The third-order valence-electron chi connectivity index (χ3n) is 4.97. The minimum atomic E-state index is -0.869. The van der Waals surface area contributed by atoms with Crippen LogP contribution in [0.25, 0.3) is 0 Å². The van der Waals surface area contributed by atoms with Gasteiger partial charge >= 0.3 is 5.69 Å². The number of amides is 1. The Morgan fingerprint density at radius 2 is 1.82 bits per heavy atom. The summed E-state index contributed by atoms with van der Waals surface area (Å²) in [7, 11) is 1.48. The minimum absolute atomic E-state index is 0.0183. The summed E-state index contributed by atoms with van der Waals surface area (Å²) in [6.07, 6.45) is 0.319. The summed E-state index contributed by atoms with van der Waals surface area (Å²) in [6, 6.07) is 14.4. The zero-order valence-electron chi connectivity index (χ0n) is 17.9. The number of hydrogen-bond donors (Lipinski definition) is 2. The van der Waals surface area contributed by atoms with Crippen LogP contribution in [0, 0.1) is 10.1 Å². The van der Waals surface area contributed by atoms with Crippen molar-refractivity contribution in [1.29, 1.82) is 0 Å². The van der Waals surface area contributed by atoms with Gasteiger partial charge in [-0.2, -0.15) is 0 Å². The Hall–Kier alpha value is -4.25. The number of aromatic amines is 1. The number of aromatic nitrogens is 2. The van der Waals surface area contributed by atoms with Gasteiger partial charge in [-0.3, -0.25) is 29.3 Å². The molecule has 11 nitrogen and oxygen atoms in total. The fourth-order valence-corrected chi connectivity index (χ4v) is 3.40. The molecule has 0 radical (unpaired) electrons. The van der Waals surface area contributed by atoms with Crippen molar-refractivity contribution in [3.63, 3.8) is 0 Å². The molecule has 0 fully saturated rings. The molecule has 11 heteroatoms. The van der Waals surface area contributed by atoms with E-state index in [-0.39, 0.29) is 36.8 Å². The number of carbonyl (C=O) groups excluding carboxylic acids is 1. The molecule has 0 aliphatic rings. The molecule has 0 aliphatic carbocycles. The third kappa shape index (κ3) is 5.15. The summed E-state index contributed by atoms with van der Waals surface area (Å²) >= 11 is 0. The van der Waals surface area contributed by atoms with E-state index in [2.05, 4.69) is 4.98 Å². The number of methoxy groups -OCH3 is 1. The van der Waals surface area contributed by atoms with Crippen molar-refractivity contribution < 1.29 is 14.5 Å². The molecule has 3 rings (SSSR count). The van der Waals surface area contributed by atoms with Gasteiger partial charge in [-0.05, 0) is 18.1 Å². The molecular formula is C22H23N5O6. The molecule has 0 aliphatic heterocycles. The zero-order valence-corrected chi connectivity index (χ0v) is 17.9. The number of carbonyl (C=O) groups is 1. The number of benzene rings is 2. The van der Waals surface area contributed by atoms with Gasteiger partial charge in [-0.25, -0.2) is 4.79 Å². The van der Waals surface area contributed by atoms with E-state index in [0.29, 0.717) is 6.42 Å². The Bertz CT molecular complexity index is 1270. The van der Waals surface area contributed by atoms with Crippen LogP contribution in [0.4, 0.5) is 17.2 Å². The first-order chi connectivity index (χ1) is 15.8. The summed E-state index contributed by atoms with van der Waals surface area (Å²) < 4.78 is 6.18. The number of para-hydroxylation sites is 1. The Morgan fingerprint density at radius 3 is 2.48 bits per heavy atom. The maximum atomic E-state index is 13.4. The number of nitrogen functional groups attached to an aromatic ring is 1. The van der Waals surface area contributed by atoms with Crippen LogP contribution in [-0.4, -0.2) is 40.6 Å². The van der Waals surface area contributed by atoms with Gasteiger partial charge in [0.05, 0.1) is 11.5 Å². The van der Waals surface area contributed by atoms with Crippen LogP contribution in [0.15, 0.2) is 64.2 Å². The number of ether oxygens (including phenoxy) is 1. The van der Waals surface area contributed by atoms with E-state index in [1.165, 1.54) is 31.4 Å². The van der Waals surface area contributed by atoms with E-state index in [4.69, 9.17) is 10.5 Å². The number of hydrogen-bond acceptors (Lipinski definition) is 7. The lowest BCUT2D eigenvalue weighted by atomic mass is 10.1. The lowest BCUT2D eigenvalue weighted by Crippen LogP contribution is -2.42. The predicted molar refractivity (Wildman–Crippen MR) is 123 cm³/mol. The van der Waals surface area contributed by atoms with Crippen LogP contribution in [-0.2, 0) is 11.3 Å². The van der Waals surface area contributed by atoms with E-state index in [1.807, 2.05) is 6.07 Å². The lowest BCUT2D eigenvalue weighted by Gasteiger charge is -2.24. The van der Waals surface area contributed by atoms with Crippen LogP contribution in [0.1, 0.15) is 22.3 Å². The Labute approximate surface area is 188 Å². The molecule has 0 atom stereocenters. The third-order valence-corrected chi connectivity index (χ3v) is 4.97. The SMILES string of the molecule is COCCCN(C(=O)c1ccccc1[N+](=O)[O-])c1c(N)n(Cc2ccccc2)c(=O)[nH]c1=O. The highest BCUT2D eigenvalue weighted by atomic mass is 16.6. The molecule has 2 aromatic carbocycles. The molecule has 0 unspecified atom stereocenters. The van der Waals surface area contributed by atoms with Crippen molar-refractivity contribution in [3.8, 4) is 0 Å². The number of nitrogens with one attached hydrogen (secondary N) is 1. The molecule has 3 aromatic rings. The average Bonchev–Trinajstić information content (AvgIpc) is 2.81. The first-order valence-corrected chi connectivity index (χ1v) is 10.1. The quantitative estimate of drug-likeness (QED) is 0.284. The predicted octanol–water partition coefficient (Wildman–Crippen LogP) is 1.76. The van der Waals surface area contributed by atoms with E-state index in [0.717, 1.165) is 15.0 Å². The molecule has 0 saturated carbocycles. The standard InChI is InChI=1S/C22H23N5O6/c1-33-13-7-12-25(21(29)16-10-5-6-11-17(16)27(31)32)18-19(23)26(22(30)24-20(18)28)14-15-8-3-2-4-9-15/h2-6,8-11H,7,12-14,23H2,1H3,(H,24,28,30). The van der Waals surface area contributed by atoms with Crippen LogP contribution in [0.2, 0.25) is 0 Å². The Morgan fingerprint density at radius 1 is 1.15 bits per heavy atom. The number of anilines is 2. The van der Waals surface area contributed by atoms with Crippen LogP contribution in [0.5, 0.6) is 0 Å². The summed E-state index contributed by atoms with van der Waals surface area (Å²) in [5, 5.41) is 11.5. The maximum Gasteiger partial charge on any atom is 0.330 e. The molecule has 0 spiro atoms. The normalized spacial score (nSPS) is 10.7. The molecule has 3 N–H and O–H groups in total. The number of rotatable bonds is 9. The van der Waals surface area contributed by atoms with Crippen LogP contribution < -0.4 is 21.9 Å². The van der Waals surface area contributed by atoms with Crippen LogP contribution >= 0.6 is 0 Å². The van der Waals surface area contributed by atoms with Gasteiger partial charge in [0.25, 0.3) is 17.2 Å². The number of H-pyrrole nitrogens is 1. The van der Waals surface area contributed by atoms with E-state index in [9.17, 15) is 24.5 Å². The molecule has 0 bridgehead atoms. The molecule has 172 valence electrons. The Kier molecular flexibility index (Phi) is 7.36. The monoisotopic (exact) mass is 453 g/mol. The fraction of sp³-hybridized carbons (Fsp3) is 0.227. The summed E-state index contributed by atoms with van der Waals surface area (Å²) in [6.45, 7) is 0.304. The van der Waals surface area contributed by atoms with Crippen molar-refractivity contribution in [2.75, 3.05) is 30.9 Å². The second-order valence-electron chi connectivity index (χ2n) is 7.14. The van der Waals surface area contributed by atoms with Gasteiger partial charge in [0.15, 0.2) is 5.69 Å². The highest BCUT2D eigenvalue weighted by molar-refractivity contribution is 6.09. The number of nitro benzene ring substituents is 1. The molecule has 1 amide bonds. The number of nitrogens with zero attached hydrogens (tertiary/aromatic N) is 3. The van der Waals surface area contributed by atoms with Crippen molar-refractivity contribution >= 4 is 23.1 Å². The Balaban J connectivity index is 2.14. The van der Waals surface area contributed by atoms with Crippen molar-refractivity contribution in [1.82, 2.24) is 9.55 Å². The van der Waals surface area contributed by atoms with E-state index < -0.39 is 27.8 Å². The first kappa shape index (κ1) is 23.4. The summed E-state index contributed by atoms with van der Waals surface area (Å²) in [4.78, 5) is 52.7. The van der Waals surface area contributed by atoms with Gasteiger partial charge in [0, 0.05) is 26.3 Å². The first-order valence-electron chi connectivity index (χ1n) is 10.1. The van der Waals surface area contributed by atoms with E-state index >= 15 is 0 Å². The molecule has 33 heavy (non-hydrogen) atoms. The van der Waals surface area contributed by atoms with Gasteiger partial charge in [0.2, 0.25) is 0 Å². The smallest absolute Gasteiger partial charge is 0.330 e. The maximum absolute atomic E-state index is 13.4. The highest BCUT2D eigenvalue weighted by Gasteiger charge is 2.29. The summed E-state index contributed by atoms with van der Waals surface area (Å²) in [5.74, 6) is -1.02. The van der Waals surface area contributed by atoms with Crippen molar-refractivity contribution in [3.05, 3.63) is 96.7 Å². The topological polar surface area (TPSA) is 154 Å². The minimum Gasteiger partial charge on any atom is -0.385 e. The van der Waals surface area contributed by atoms with Gasteiger partial charge in [-0.15, -0.1) is 0 Å². The molecule has 1 heterocycles. The molecule has 0 saturated heterocycles. The largest absolute Gasteiger partial charge is 0.385 e. The van der Waals surface area contributed by atoms with Gasteiger partial charge in [-0.1, -0.05) is 42.5 Å². The van der Waals surface area contributed by atoms with Gasteiger partial charge in [0.1, 0.15) is 11.4 Å². The average molecular weight is 453 g/mol.